The van der Waals surface area contributed by atoms with Gasteiger partial charge < -0.3 is 19.5 Å². The molecule has 3 aromatic carbocycles. The van der Waals surface area contributed by atoms with Gasteiger partial charge in [0.15, 0.2) is 11.4 Å². The van der Waals surface area contributed by atoms with E-state index in [1.54, 1.807) is 54.6 Å². The van der Waals surface area contributed by atoms with E-state index in [0.717, 1.165) is 5.56 Å². The number of aliphatic hydroxyl groups is 1. The lowest BCUT2D eigenvalue weighted by Gasteiger charge is -2.23. The fourth-order valence-electron chi connectivity index (χ4n) is 3.97. The molecule has 7 heteroatoms. The van der Waals surface area contributed by atoms with E-state index in [-0.39, 0.29) is 12.1 Å². The first-order chi connectivity index (χ1) is 15.4. The first-order valence-corrected chi connectivity index (χ1v) is 10.4. The van der Waals surface area contributed by atoms with Gasteiger partial charge in [0.25, 0.3) is 5.91 Å². The lowest BCUT2D eigenvalue weighted by molar-refractivity contribution is -0.136. The van der Waals surface area contributed by atoms with E-state index in [1.165, 1.54) is 19.1 Å². The summed E-state index contributed by atoms with van der Waals surface area (Å²) in [6.45, 7) is 0.242. The maximum absolute atomic E-state index is 13.4. The molecular weight excluding hydrogens is 430 g/mol. The van der Waals surface area contributed by atoms with Gasteiger partial charge >= 0.3 is 0 Å². The molecule has 1 atom stereocenters. The molecule has 1 N–H and O–H groups in total. The molecule has 164 valence electrons. The van der Waals surface area contributed by atoms with Crippen LogP contribution in [-0.2, 0) is 16.9 Å². The average Bonchev–Trinajstić information content (AvgIpc) is 3.01. The molecule has 0 spiro atoms. The number of para-hydroxylation sites is 1. The number of hydrogen-bond acceptors (Lipinski definition) is 5. The molecule has 0 fully saturated rings. The van der Waals surface area contributed by atoms with Crippen molar-refractivity contribution in [2.24, 2.45) is 0 Å². The Morgan fingerprint density at radius 3 is 2.44 bits per heavy atom. The minimum absolute atomic E-state index is 0.238. The van der Waals surface area contributed by atoms with Gasteiger partial charge in [-0.25, -0.2) is 0 Å². The highest BCUT2D eigenvalue weighted by atomic mass is 35.5. The number of nitrogens with zero attached hydrogens (tertiary/aromatic N) is 1. The quantitative estimate of drug-likeness (QED) is 0.540. The minimum Gasteiger partial charge on any atom is -0.497 e. The third-order valence-corrected chi connectivity index (χ3v) is 5.87. The number of amides is 1. The molecule has 0 unspecified atom stereocenters. The van der Waals surface area contributed by atoms with Gasteiger partial charge in [-0.15, -0.1) is 0 Å². The highest BCUT2D eigenvalue weighted by Crippen LogP contribution is 2.44. The third-order valence-electron chi connectivity index (χ3n) is 5.62. The standard InChI is InChI=1S/C25H22ClNO5/c1-31-18-11-12-23(32-2)19(13-18)22(28)14-25(30)20-5-3-4-6-21(20)27(24(25)29)15-16-7-9-17(26)10-8-16/h3-13,30H,14-15H2,1-2H3/t25-/m0/s1. The van der Waals surface area contributed by atoms with Gasteiger partial charge in [-0.2, -0.15) is 0 Å². The van der Waals surface area contributed by atoms with Crippen LogP contribution in [0.2, 0.25) is 5.02 Å². The molecule has 4 rings (SSSR count). The maximum Gasteiger partial charge on any atom is 0.264 e. The fraction of sp³-hybridized carbons (Fsp3) is 0.200. The Morgan fingerprint density at radius 2 is 1.75 bits per heavy atom. The van der Waals surface area contributed by atoms with Crippen molar-refractivity contribution in [3.05, 3.63) is 88.4 Å². The van der Waals surface area contributed by atoms with Crippen molar-refractivity contribution in [3.8, 4) is 11.5 Å². The number of hydrogen-bond donors (Lipinski definition) is 1. The van der Waals surface area contributed by atoms with E-state index in [4.69, 9.17) is 21.1 Å². The molecule has 0 saturated carbocycles. The van der Waals surface area contributed by atoms with Crippen molar-refractivity contribution >= 4 is 29.0 Å². The number of ether oxygens (including phenoxy) is 2. The summed E-state index contributed by atoms with van der Waals surface area (Å²) in [6.07, 6.45) is -0.427. The van der Waals surface area contributed by atoms with E-state index in [0.29, 0.717) is 27.8 Å². The molecule has 1 amide bonds. The van der Waals surface area contributed by atoms with E-state index in [1.807, 2.05) is 12.1 Å². The Kier molecular flexibility index (Phi) is 5.91. The molecule has 0 saturated heterocycles. The van der Waals surface area contributed by atoms with Crippen LogP contribution in [0.1, 0.15) is 27.9 Å². The summed E-state index contributed by atoms with van der Waals surface area (Å²) in [5, 5.41) is 12.1. The summed E-state index contributed by atoms with van der Waals surface area (Å²) < 4.78 is 10.5. The Hall–Kier alpha value is -3.35. The molecule has 1 aliphatic heterocycles. The molecule has 6 nitrogen and oxygen atoms in total. The Bertz CT molecular complexity index is 1180. The summed E-state index contributed by atoms with van der Waals surface area (Å²) >= 11 is 5.97. The number of benzene rings is 3. The normalized spacial score (nSPS) is 17.2. The van der Waals surface area contributed by atoms with Gasteiger partial charge in [0.05, 0.1) is 38.4 Å². The summed E-state index contributed by atoms with van der Waals surface area (Å²) in [4.78, 5) is 28.2. The number of carbonyl (C=O) groups excluding carboxylic acids is 2. The van der Waals surface area contributed by atoms with Crippen LogP contribution in [0.25, 0.3) is 0 Å². The summed E-state index contributed by atoms with van der Waals surface area (Å²) in [5.41, 5.74) is 0.0626. The van der Waals surface area contributed by atoms with Crippen LogP contribution >= 0.6 is 11.6 Å². The lowest BCUT2D eigenvalue weighted by Crippen LogP contribution is -2.41. The molecule has 0 bridgehead atoms. The van der Waals surface area contributed by atoms with Crippen molar-refractivity contribution < 1.29 is 24.2 Å². The van der Waals surface area contributed by atoms with Gasteiger partial charge in [-0.05, 0) is 42.0 Å². The molecule has 0 aromatic heterocycles. The van der Waals surface area contributed by atoms with Crippen LogP contribution in [0.3, 0.4) is 0 Å². The zero-order valence-corrected chi connectivity index (χ0v) is 18.4. The third kappa shape index (κ3) is 3.83. The van der Waals surface area contributed by atoms with Gasteiger partial charge in [-0.1, -0.05) is 41.9 Å². The van der Waals surface area contributed by atoms with Crippen molar-refractivity contribution in [3.63, 3.8) is 0 Å². The fourth-order valence-corrected chi connectivity index (χ4v) is 4.09. The minimum atomic E-state index is -1.99. The SMILES string of the molecule is COc1ccc(OC)c(C(=O)C[C@@]2(O)C(=O)N(Cc3ccc(Cl)cc3)c3ccccc32)c1. The lowest BCUT2D eigenvalue weighted by atomic mass is 9.88. The predicted molar refractivity (Wildman–Crippen MR) is 121 cm³/mol. The van der Waals surface area contributed by atoms with Crippen LogP contribution in [-0.4, -0.2) is 31.0 Å². The van der Waals surface area contributed by atoms with E-state index < -0.39 is 23.7 Å². The van der Waals surface area contributed by atoms with Crippen LogP contribution in [0.5, 0.6) is 11.5 Å². The van der Waals surface area contributed by atoms with Crippen molar-refractivity contribution in [1.29, 1.82) is 0 Å². The van der Waals surface area contributed by atoms with Crippen molar-refractivity contribution in [2.45, 2.75) is 18.6 Å². The smallest absolute Gasteiger partial charge is 0.264 e. The second kappa shape index (κ2) is 8.65. The molecule has 0 radical (unpaired) electrons. The zero-order chi connectivity index (χ0) is 22.9. The molecule has 32 heavy (non-hydrogen) atoms. The number of fused-ring (bicyclic) bond motifs is 1. The Balaban J connectivity index is 1.69. The number of rotatable bonds is 7. The monoisotopic (exact) mass is 451 g/mol. The van der Waals surface area contributed by atoms with E-state index in [2.05, 4.69) is 0 Å². The second-order valence-electron chi connectivity index (χ2n) is 7.56. The first kappa shape index (κ1) is 21.9. The van der Waals surface area contributed by atoms with Crippen molar-refractivity contribution in [1.82, 2.24) is 0 Å². The van der Waals surface area contributed by atoms with Crippen LogP contribution < -0.4 is 14.4 Å². The number of Topliss-reactive ketones (excluding diaryl/α,β-unsaturated/α-hetero) is 1. The maximum atomic E-state index is 13.4. The summed E-state index contributed by atoms with van der Waals surface area (Å²) in [6, 6.07) is 18.9. The second-order valence-corrected chi connectivity index (χ2v) is 8.00. The number of halogens is 1. The Morgan fingerprint density at radius 1 is 1.03 bits per heavy atom. The highest BCUT2D eigenvalue weighted by Gasteiger charge is 2.51. The number of methoxy groups -OCH3 is 2. The van der Waals surface area contributed by atoms with Crippen LogP contribution in [0.4, 0.5) is 5.69 Å². The predicted octanol–water partition coefficient (Wildman–Crippen LogP) is 4.36. The number of anilines is 1. The molecular formula is C25H22ClNO5. The number of ketones is 1. The van der Waals surface area contributed by atoms with Crippen LogP contribution in [0, 0.1) is 0 Å². The summed E-state index contributed by atoms with van der Waals surface area (Å²) in [7, 11) is 2.95. The van der Waals surface area contributed by atoms with Crippen molar-refractivity contribution in [2.75, 3.05) is 19.1 Å². The number of carbonyl (C=O) groups is 2. The first-order valence-electron chi connectivity index (χ1n) is 10.0. The topological polar surface area (TPSA) is 76.1 Å². The Labute approximate surface area is 191 Å². The highest BCUT2D eigenvalue weighted by molar-refractivity contribution is 6.30. The van der Waals surface area contributed by atoms with E-state index in [9.17, 15) is 14.7 Å². The van der Waals surface area contributed by atoms with Gasteiger partial charge in [0.1, 0.15) is 11.5 Å². The van der Waals surface area contributed by atoms with Crippen LogP contribution in [0.15, 0.2) is 66.7 Å². The molecule has 0 aliphatic carbocycles. The van der Waals surface area contributed by atoms with Gasteiger partial charge in [-0.3, -0.25) is 9.59 Å². The largest absolute Gasteiger partial charge is 0.497 e. The molecule has 1 heterocycles. The molecule has 3 aromatic rings. The zero-order valence-electron chi connectivity index (χ0n) is 17.7. The molecule has 1 aliphatic rings. The van der Waals surface area contributed by atoms with Gasteiger partial charge in [0, 0.05) is 10.6 Å². The van der Waals surface area contributed by atoms with Gasteiger partial charge in [0.2, 0.25) is 0 Å². The average molecular weight is 452 g/mol. The summed E-state index contributed by atoms with van der Waals surface area (Å²) in [5.74, 6) is -0.164. The van der Waals surface area contributed by atoms with E-state index >= 15 is 0 Å².